The van der Waals surface area contributed by atoms with Crippen LogP contribution in [0, 0.1) is 0 Å². The first-order chi connectivity index (χ1) is 6.38. The van der Waals surface area contributed by atoms with Crippen molar-refractivity contribution in [3.05, 3.63) is 60.7 Å². The maximum absolute atomic E-state index is 4.21. The Morgan fingerprint density at radius 2 is 2.23 bits per heavy atom. The van der Waals surface area contributed by atoms with Crippen molar-refractivity contribution in [1.29, 1.82) is 0 Å². The molecule has 1 aromatic rings. The molecule has 0 aliphatic rings. The van der Waals surface area contributed by atoms with Gasteiger partial charge in [-0.3, -0.25) is 0 Å². The van der Waals surface area contributed by atoms with Crippen LogP contribution in [-0.2, 0) is 0 Å². The summed E-state index contributed by atoms with van der Waals surface area (Å²) in [6.07, 6.45) is 9.28. The second-order valence-corrected chi connectivity index (χ2v) is 3.00. The highest BCUT2D eigenvalue weighted by Crippen LogP contribution is 2.14. The van der Waals surface area contributed by atoms with Gasteiger partial charge in [0.05, 0.1) is 5.69 Å². The summed E-state index contributed by atoms with van der Waals surface area (Å²) < 4.78 is 4.21. The highest BCUT2D eigenvalue weighted by atomic mass is 32.1. The van der Waals surface area contributed by atoms with Crippen molar-refractivity contribution in [3.8, 4) is 0 Å². The molecule has 66 valence electrons. The number of nitrogens with zero attached hydrogens (tertiary/aromatic N) is 1. The van der Waals surface area contributed by atoms with Gasteiger partial charge in [-0.25, -0.2) is 0 Å². The summed E-state index contributed by atoms with van der Waals surface area (Å²) in [6, 6.07) is 1.97. The summed E-state index contributed by atoms with van der Waals surface area (Å²) in [6.45, 7) is 7.32. The molecule has 0 spiro atoms. The van der Waals surface area contributed by atoms with E-state index in [0.717, 1.165) is 11.3 Å². The standard InChI is InChI=1S/C11H11NS/c1-3-5-6-7-10(4-2)11-8-9-13-12-11/h3-9H,1-2H2/b6-5-,10-7+. The molecule has 0 saturated carbocycles. The van der Waals surface area contributed by atoms with Gasteiger partial charge < -0.3 is 0 Å². The monoisotopic (exact) mass is 189 g/mol. The molecule has 0 saturated heterocycles. The van der Waals surface area contributed by atoms with E-state index in [4.69, 9.17) is 0 Å². The lowest BCUT2D eigenvalue weighted by atomic mass is 10.2. The fourth-order valence-corrected chi connectivity index (χ4v) is 1.39. The van der Waals surface area contributed by atoms with Crippen LogP contribution in [0.3, 0.4) is 0 Å². The third kappa shape index (κ3) is 2.84. The number of hydrogen-bond donors (Lipinski definition) is 0. The van der Waals surface area contributed by atoms with Gasteiger partial charge in [-0.2, -0.15) is 4.37 Å². The molecule has 1 heterocycles. The molecule has 1 nitrogen and oxygen atoms in total. The summed E-state index contributed by atoms with van der Waals surface area (Å²) in [7, 11) is 0. The third-order valence-corrected chi connectivity index (χ3v) is 2.04. The van der Waals surface area contributed by atoms with E-state index in [9.17, 15) is 0 Å². The molecule has 0 fully saturated rings. The summed E-state index contributed by atoms with van der Waals surface area (Å²) >= 11 is 1.44. The molecule has 0 bridgehead atoms. The van der Waals surface area contributed by atoms with Crippen molar-refractivity contribution in [2.75, 3.05) is 0 Å². The summed E-state index contributed by atoms with van der Waals surface area (Å²) in [4.78, 5) is 0. The topological polar surface area (TPSA) is 12.9 Å². The molecule has 1 rings (SSSR count). The minimum atomic E-state index is 0.966. The lowest BCUT2D eigenvalue weighted by molar-refractivity contribution is 1.48. The van der Waals surface area contributed by atoms with Gasteiger partial charge in [0.15, 0.2) is 0 Å². The molecule has 0 amide bonds. The van der Waals surface area contributed by atoms with E-state index in [1.807, 2.05) is 29.7 Å². The Balaban J connectivity index is 2.85. The van der Waals surface area contributed by atoms with E-state index < -0.39 is 0 Å². The van der Waals surface area contributed by atoms with Crippen molar-refractivity contribution in [2.45, 2.75) is 0 Å². The van der Waals surface area contributed by atoms with Crippen molar-refractivity contribution in [1.82, 2.24) is 4.37 Å². The van der Waals surface area contributed by atoms with Crippen LogP contribution in [0.4, 0.5) is 0 Å². The van der Waals surface area contributed by atoms with E-state index in [1.54, 1.807) is 12.2 Å². The molecule has 0 aromatic carbocycles. The lowest BCUT2D eigenvalue weighted by Crippen LogP contribution is -1.77. The Labute approximate surface area is 82.6 Å². The zero-order valence-electron chi connectivity index (χ0n) is 7.31. The van der Waals surface area contributed by atoms with Crippen molar-refractivity contribution in [3.63, 3.8) is 0 Å². The van der Waals surface area contributed by atoms with E-state index in [2.05, 4.69) is 17.5 Å². The Morgan fingerprint density at radius 1 is 1.38 bits per heavy atom. The fourth-order valence-electron chi connectivity index (χ4n) is 0.857. The first-order valence-electron chi connectivity index (χ1n) is 3.91. The number of rotatable bonds is 4. The van der Waals surface area contributed by atoms with Gasteiger partial charge in [0, 0.05) is 11.0 Å². The quantitative estimate of drug-likeness (QED) is 0.661. The fraction of sp³-hybridized carbons (Fsp3) is 0. The first-order valence-corrected chi connectivity index (χ1v) is 4.74. The second-order valence-electron chi connectivity index (χ2n) is 2.33. The molecule has 13 heavy (non-hydrogen) atoms. The van der Waals surface area contributed by atoms with Gasteiger partial charge in [0.2, 0.25) is 0 Å². The van der Waals surface area contributed by atoms with Crippen LogP contribution in [0.2, 0.25) is 0 Å². The van der Waals surface area contributed by atoms with Gasteiger partial charge in [-0.15, -0.1) is 0 Å². The number of allylic oxidation sites excluding steroid dienone is 6. The average molecular weight is 189 g/mol. The van der Waals surface area contributed by atoms with E-state index in [-0.39, 0.29) is 0 Å². The SMILES string of the molecule is C=C/C=C\C=C(/C=C)c1ccsn1. The van der Waals surface area contributed by atoms with Gasteiger partial charge in [0.25, 0.3) is 0 Å². The van der Waals surface area contributed by atoms with Crippen LogP contribution < -0.4 is 0 Å². The van der Waals surface area contributed by atoms with Crippen LogP contribution in [-0.4, -0.2) is 4.37 Å². The van der Waals surface area contributed by atoms with Crippen molar-refractivity contribution < 1.29 is 0 Å². The molecule has 0 aliphatic heterocycles. The predicted octanol–water partition coefficient (Wildman–Crippen LogP) is 3.45. The molecule has 0 N–H and O–H groups in total. The highest BCUT2D eigenvalue weighted by molar-refractivity contribution is 7.03. The van der Waals surface area contributed by atoms with Crippen LogP contribution in [0.1, 0.15) is 5.69 Å². The van der Waals surface area contributed by atoms with Gasteiger partial charge in [-0.05, 0) is 17.6 Å². The van der Waals surface area contributed by atoms with Crippen LogP contribution >= 0.6 is 11.5 Å². The molecule has 1 aromatic heterocycles. The van der Waals surface area contributed by atoms with Crippen LogP contribution in [0.5, 0.6) is 0 Å². The number of hydrogen-bond acceptors (Lipinski definition) is 2. The third-order valence-electron chi connectivity index (χ3n) is 1.48. The van der Waals surface area contributed by atoms with Gasteiger partial charge in [0.1, 0.15) is 0 Å². The zero-order valence-corrected chi connectivity index (χ0v) is 8.13. The largest absolute Gasteiger partial charge is 0.193 e. The first kappa shape index (κ1) is 9.68. The minimum absolute atomic E-state index is 0.966. The lowest BCUT2D eigenvalue weighted by Gasteiger charge is -1.92. The molecule has 0 unspecified atom stereocenters. The molecule has 0 atom stereocenters. The minimum Gasteiger partial charge on any atom is -0.193 e. The summed E-state index contributed by atoms with van der Waals surface area (Å²) in [5.41, 5.74) is 1.99. The molecule has 0 radical (unpaired) electrons. The van der Waals surface area contributed by atoms with Gasteiger partial charge in [-0.1, -0.05) is 43.5 Å². The van der Waals surface area contributed by atoms with Gasteiger partial charge >= 0.3 is 0 Å². The Morgan fingerprint density at radius 3 is 2.77 bits per heavy atom. The van der Waals surface area contributed by atoms with E-state index in [1.165, 1.54) is 11.5 Å². The molecule has 2 heteroatoms. The Bertz CT molecular complexity index is 331. The molecular weight excluding hydrogens is 178 g/mol. The predicted molar refractivity (Wildman–Crippen MR) is 59.6 cm³/mol. The van der Waals surface area contributed by atoms with E-state index in [0.29, 0.717) is 0 Å². The van der Waals surface area contributed by atoms with Crippen LogP contribution in [0.15, 0.2) is 55.0 Å². The Hall–Kier alpha value is -1.41. The average Bonchev–Trinajstić information content (AvgIpc) is 2.65. The zero-order chi connectivity index (χ0) is 9.52. The maximum atomic E-state index is 4.21. The normalized spacial score (nSPS) is 11.8. The highest BCUT2D eigenvalue weighted by Gasteiger charge is 1.96. The second kappa shape index (κ2) is 5.27. The smallest absolute Gasteiger partial charge is 0.0840 e. The number of aromatic nitrogens is 1. The van der Waals surface area contributed by atoms with Crippen LogP contribution in [0.25, 0.3) is 5.57 Å². The van der Waals surface area contributed by atoms with E-state index >= 15 is 0 Å². The van der Waals surface area contributed by atoms with Crippen molar-refractivity contribution in [2.24, 2.45) is 0 Å². The molecule has 0 aliphatic carbocycles. The Kier molecular flexibility index (Phi) is 3.93. The molecular formula is C11H11NS. The maximum Gasteiger partial charge on any atom is 0.0840 e. The summed E-state index contributed by atoms with van der Waals surface area (Å²) in [5, 5.41) is 1.95. The van der Waals surface area contributed by atoms with Crippen molar-refractivity contribution >= 4 is 17.1 Å². The summed E-state index contributed by atoms with van der Waals surface area (Å²) in [5.74, 6) is 0.